The Morgan fingerprint density at radius 2 is 1.68 bits per heavy atom. The van der Waals surface area contributed by atoms with Crippen molar-refractivity contribution in [2.75, 3.05) is 10.6 Å². The summed E-state index contributed by atoms with van der Waals surface area (Å²) in [7, 11) is 0. The lowest BCUT2D eigenvalue weighted by Gasteiger charge is -2.08. The number of aryl methyl sites for hydroxylation is 1. The van der Waals surface area contributed by atoms with Gasteiger partial charge in [-0.2, -0.15) is 0 Å². The third-order valence-corrected chi connectivity index (χ3v) is 4.05. The number of aromatic amines is 1. The minimum Gasteiger partial charge on any atom is -0.361 e. The molecule has 0 aliphatic rings. The number of aromatic nitrogens is 1. The zero-order valence-electron chi connectivity index (χ0n) is 14.1. The quantitative estimate of drug-likeness (QED) is 0.635. The van der Waals surface area contributed by atoms with Crippen LogP contribution in [0.4, 0.5) is 11.4 Å². The standard InChI is InChI=1S/C20H21N3O2/c1-2-19(24)22-15-6-5-7-16(12-15)23-20(25)11-10-14-13-21-18-9-4-3-8-17(14)18/h3-9,12-13,21H,2,10-11H2,1H3,(H,22,24)(H,23,25). The number of benzene rings is 2. The zero-order chi connectivity index (χ0) is 17.6. The van der Waals surface area contributed by atoms with Crippen molar-refractivity contribution in [3.63, 3.8) is 0 Å². The highest BCUT2D eigenvalue weighted by Gasteiger charge is 2.08. The number of amides is 2. The Morgan fingerprint density at radius 3 is 2.44 bits per heavy atom. The molecular formula is C20H21N3O2. The summed E-state index contributed by atoms with van der Waals surface area (Å²) in [6.07, 6.45) is 3.44. The summed E-state index contributed by atoms with van der Waals surface area (Å²) in [4.78, 5) is 26.9. The van der Waals surface area contributed by atoms with E-state index in [1.165, 1.54) is 0 Å². The smallest absolute Gasteiger partial charge is 0.224 e. The third kappa shape index (κ3) is 4.26. The SMILES string of the molecule is CCC(=O)Nc1cccc(NC(=O)CCc2c[nH]c3ccccc23)c1. The van der Waals surface area contributed by atoms with Gasteiger partial charge in [-0.1, -0.05) is 31.2 Å². The molecule has 0 unspecified atom stereocenters. The van der Waals surface area contributed by atoms with Gasteiger partial charge in [-0.3, -0.25) is 9.59 Å². The van der Waals surface area contributed by atoms with Crippen LogP contribution in [-0.2, 0) is 16.0 Å². The molecule has 25 heavy (non-hydrogen) atoms. The lowest BCUT2D eigenvalue weighted by molar-refractivity contribution is -0.116. The van der Waals surface area contributed by atoms with Crippen LogP contribution in [-0.4, -0.2) is 16.8 Å². The van der Waals surface area contributed by atoms with E-state index in [9.17, 15) is 9.59 Å². The third-order valence-electron chi connectivity index (χ3n) is 4.05. The van der Waals surface area contributed by atoms with E-state index in [1.54, 1.807) is 25.1 Å². The maximum absolute atomic E-state index is 12.2. The molecule has 5 heteroatoms. The molecule has 3 rings (SSSR count). The summed E-state index contributed by atoms with van der Waals surface area (Å²) >= 11 is 0. The van der Waals surface area contributed by atoms with Gasteiger partial charge in [0, 0.05) is 41.3 Å². The topological polar surface area (TPSA) is 74.0 Å². The summed E-state index contributed by atoms with van der Waals surface area (Å²) in [5.41, 5.74) is 3.58. The Morgan fingerprint density at radius 1 is 0.960 bits per heavy atom. The van der Waals surface area contributed by atoms with E-state index in [0.29, 0.717) is 30.6 Å². The van der Waals surface area contributed by atoms with E-state index >= 15 is 0 Å². The molecule has 0 radical (unpaired) electrons. The van der Waals surface area contributed by atoms with Gasteiger partial charge in [0.2, 0.25) is 11.8 Å². The number of fused-ring (bicyclic) bond motifs is 1. The normalized spacial score (nSPS) is 10.6. The molecule has 5 nitrogen and oxygen atoms in total. The van der Waals surface area contributed by atoms with Crippen molar-refractivity contribution < 1.29 is 9.59 Å². The number of carbonyl (C=O) groups is 2. The molecule has 128 valence electrons. The molecule has 0 aliphatic heterocycles. The average Bonchev–Trinajstić information content (AvgIpc) is 3.03. The molecule has 2 aromatic carbocycles. The molecule has 0 saturated carbocycles. The Labute approximate surface area is 146 Å². The van der Waals surface area contributed by atoms with Crippen LogP contribution < -0.4 is 10.6 Å². The maximum Gasteiger partial charge on any atom is 0.224 e. The van der Waals surface area contributed by atoms with E-state index in [2.05, 4.69) is 21.7 Å². The monoisotopic (exact) mass is 335 g/mol. The van der Waals surface area contributed by atoms with Crippen LogP contribution in [0.2, 0.25) is 0 Å². The van der Waals surface area contributed by atoms with Crippen molar-refractivity contribution in [2.45, 2.75) is 26.2 Å². The van der Waals surface area contributed by atoms with Crippen molar-refractivity contribution in [3.8, 4) is 0 Å². The van der Waals surface area contributed by atoms with Crippen LogP contribution in [0, 0.1) is 0 Å². The number of H-pyrrole nitrogens is 1. The minimum atomic E-state index is -0.0530. The molecule has 2 amide bonds. The first kappa shape index (κ1) is 16.8. The number of nitrogens with one attached hydrogen (secondary N) is 3. The summed E-state index contributed by atoms with van der Waals surface area (Å²) < 4.78 is 0. The highest BCUT2D eigenvalue weighted by atomic mass is 16.2. The van der Waals surface area contributed by atoms with Crippen LogP contribution in [0.5, 0.6) is 0 Å². The predicted molar refractivity (Wildman–Crippen MR) is 101 cm³/mol. The molecule has 0 atom stereocenters. The van der Waals surface area contributed by atoms with Gasteiger partial charge in [-0.05, 0) is 36.2 Å². The minimum absolute atomic E-state index is 0.0516. The van der Waals surface area contributed by atoms with Gasteiger partial charge < -0.3 is 15.6 Å². The fraction of sp³-hybridized carbons (Fsp3) is 0.200. The molecule has 0 spiro atoms. The van der Waals surface area contributed by atoms with Crippen LogP contribution in [0.1, 0.15) is 25.3 Å². The van der Waals surface area contributed by atoms with Gasteiger partial charge in [0.05, 0.1) is 0 Å². The molecule has 1 aromatic heterocycles. The molecule has 0 fully saturated rings. The second-order valence-electron chi connectivity index (χ2n) is 5.89. The number of para-hydroxylation sites is 1. The predicted octanol–water partition coefficient (Wildman–Crippen LogP) is 4.09. The lowest BCUT2D eigenvalue weighted by atomic mass is 10.1. The van der Waals surface area contributed by atoms with Crippen LogP contribution in [0.3, 0.4) is 0 Å². The molecule has 0 aliphatic carbocycles. The van der Waals surface area contributed by atoms with Gasteiger partial charge in [-0.15, -0.1) is 0 Å². The molecule has 3 N–H and O–H groups in total. The van der Waals surface area contributed by atoms with Crippen LogP contribution in [0.15, 0.2) is 54.7 Å². The number of anilines is 2. The zero-order valence-corrected chi connectivity index (χ0v) is 14.1. The first-order valence-corrected chi connectivity index (χ1v) is 8.40. The fourth-order valence-electron chi connectivity index (χ4n) is 2.73. The van der Waals surface area contributed by atoms with E-state index in [-0.39, 0.29) is 11.8 Å². The summed E-state index contributed by atoms with van der Waals surface area (Å²) in [5, 5.41) is 6.82. The van der Waals surface area contributed by atoms with Crippen molar-refractivity contribution >= 4 is 34.1 Å². The average molecular weight is 335 g/mol. The van der Waals surface area contributed by atoms with E-state index in [0.717, 1.165) is 16.5 Å². The second kappa shape index (κ2) is 7.66. The maximum atomic E-state index is 12.2. The van der Waals surface area contributed by atoms with E-state index < -0.39 is 0 Å². The van der Waals surface area contributed by atoms with Crippen LogP contribution in [0.25, 0.3) is 10.9 Å². The summed E-state index contributed by atoms with van der Waals surface area (Å²) in [6, 6.07) is 15.2. The van der Waals surface area contributed by atoms with Crippen molar-refractivity contribution in [3.05, 3.63) is 60.3 Å². The largest absolute Gasteiger partial charge is 0.361 e. The Kier molecular flexibility index (Phi) is 5.14. The van der Waals surface area contributed by atoms with Gasteiger partial charge in [0.1, 0.15) is 0 Å². The van der Waals surface area contributed by atoms with Gasteiger partial charge in [0.25, 0.3) is 0 Å². The number of hydrogen-bond donors (Lipinski definition) is 3. The molecule has 0 bridgehead atoms. The highest BCUT2D eigenvalue weighted by molar-refractivity contribution is 5.94. The number of hydrogen-bond acceptors (Lipinski definition) is 2. The Hall–Kier alpha value is -3.08. The molecule has 1 heterocycles. The lowest BCUT2D eigenvalue weighted by Crippen LogP contribution is -2.13. The fourth-order valence-corrected chi connectivity index (χ4v) is 2.73. The molecule has 0 saturated heterocycles. The first-order chi connectivity index (χ1) is 12.2. The van der Waals surface area contributed by atoms with E-state index in [4.69, 9.17) is 0 Å². The highest BCUT2D eigenvalue weighted by Crippen LogP contribution is 2.20. The Bertz CT molecular complexity index is 899. The van der Waals surface area contributed by atoms with Crippen molar-refractivity contribution in [1.82, 2.24) is 4.98 Å². The van der Waals surface area contributed by atoms with Crippen LogP contribution >= 0.6 is 0 Å². The number of carbonyl (C=O) groups excluding carboxylic acids is 2. The van der Waals surface area contributed by atoms with Gasteiger partial charge in [-0.25, -0.2) is 0 Å². The Balaban J connectivity index is 1.59. The van der Waals surface area contributed by atoms with E-state index in [1.807, 2.05) is 30.5 Å². The molecular weight excluding hydrogens is 314 g/mol. The summed E-state index contributed by atoms with van der Waals surface area (Å²) in [6.45, 7) is 1.80. The number of rotatable bonds is 6. The summed E-state index contributed by atoms with van der Waals surface area (Å²) in [5.74, 6) is -0.105. The second-order valence-corrected chi connectivity index (χ2v) is 5.89. The van der Waals surface area contributed by atoms with Gasteiger partial charge >= 0.3 is 0 Å². The van der Waals surface area contributed by atoms with Gasteiger partial charge in [0.15, 0.2) is 0 Å². The van der Waals surface area contributed by atoms with Crippen molar-refractivity contribution in [1.29, 1.82) is 0 Å². The van der Waals surface area contributed by atoms with Crippen molar-refractivity contribution in [2.24, 2.45) is 0 Å². The first-order valence-electron chi connectivity index (χ1n) is 8.40. The molecule has 3 aromatic rings.